The van der Waals surface area contributed by atoms with Crippen molar-refractivity contribution >= 4 is 0 Å². The van der Waals surface area contributed by atoms with Crippen LogP contribution in [0.15, 0.2) is 24.7 Å². The van der Waals surface area contributed by atoms with Crippen molar-refractivity contribution < 1.29 is 0 Å². The number of aromatic amines is 1. The molecule has 1 aliphatic rings. The Bertz CT molecular complexity index is 488. The van der Waals surface area contributed by atoms with Crippen LogP contribution in [-0.2, 0) is 6.42 Å². The van der Waals surface area contributed by atoms with Crippen LogP contribution in [0.1, 0.15) is 18.5 Å². The van der Waals surface area contributed by atoms with Crippen molar-refractivity contribution in [1.29, 1.82) is 0 Å². The van der Waals surface area contributed by atoms with Gasteiger partial charge in [-0.1, -0.05) is 0 Å². The van der Waals surface area contributed by atoms with Crippen molar-refractivity contribution in [3.63, 3.8) is 0 Å². The Balaban J connectivity index is 1.83. The number of nitrogens with zero attached hydrogens (tertiary/aromatic N) is 3. The molecule has 5 nitrogen and oxygen atoms in total. The predicted octanol–water partition coefficient (Wildman–Crippen LogP) is 1.41. The van der Waals surface area contributed by atoms with Gasteiger partial charge in [0.25, 0.3) is 0 Å². The summed E-state index contributed by atoms with van der Waals surface area (Å²) in [6.07, 6.45) is 8.76. The zero-order valence-electron chi connectivity index (χ0n) is 10.3. The number of aromatic nitrogens is 4. The average molecular weight is 243 g/mol. The molecular formula is C13H17N5. The van der Waals surface area contributed by atoms with Crippen molar-refractivity contribution in [1.82, 2.24) is 25.5 Å². The van der Waals surface area contributed by atoms with Crippen LogP contribution in [0.3, 0.4) is 0 Å². The van der Waals surface area contributed by atoms with E-state index in [1.165, 1.54) is 12.8 Å². The molecule has 2 aromatic heterocycles. The van der Waals surface area contributed by atoms with Crippen LogP contribution in [0.25, 0.3) is 11.4 Å². The van der Waals surface area contributed by atoms with E-state index in [1.807, 2.05) is 6.07 Å². The summed E-state index contributed by atoms with van der Waals surface area (Å²) in [5.41, 5.74) is 2.94. The minimum atomic E-state index is 0.664. The Labute approximate surface area is 106 Å². The maximum atomic E-state index is 4.49. The third-order valence-electron chi connectivity index (χ3n) is 3.41. The van der Waals surface area contributed by atoms with Gasteiger partial charge in [-0.15, -0.1) is 0 Å². The molecule has 1 aliphatic heterocycles. The zero-order valence-corrected chi connectivity index (χ0v) is 10.3. The molecule has 0 spiro atoms. The molecule has 0 saturated carbocycles. The first kappa shape index (κ1) is 11.3. The molecule has 18 heavy (non-hydrogen) atoms. The lowest BCUT2D eigenvalue weighted by atomic mass is 9.93. The van der Waals surface area contributed by atoms with Gasteiger partial charge in [-0.3, -0.25) is 15.1 Å². The molecule has 94 valence electrons. The van der Waals surface area contributed by atoms with Gasteiger partial charge in [0.2, 0.25) is 0 Å². The second-order valence-electron chi connectivity index (χ2n) is 4.74. The van der Waals surface area contributed by atoms with Crippen molar-refractivity contribution in [3.05, 3.63) is 30.4 Å². The van der Waals surface area contributed by atoms with Crippen molar-refractivity contribution in [3.8, 4) is 11.4 Å². The molecule has 0 amide bonds. The number of piperidine rings is 1. The Morgan fingerprint density at radius 3 is 2.94 bits per heavy atom. The molecule has 1 fully saturated rings. The number of hydrogen-bond acceptors (Lipinski definition) is 4. The second kappa shape index (κ2) is 5.27. The van der Waals surface area contributed by atoms with Gasteiger partial charge in [0.1, 0.15) is 5.69 Å². The first-order valence-electron chi connectivity index (χ1n) is 6.44. The van der Waals surface area contributed by atoms with Crippen LogP contribution in [0.4, 0.5) is 0 Å². The summed E-state index contributed by atoms with van der Waals surface area (Å²) in [6, 6.07) is 1.94. The highest BCUT2D eigenvalue weighted by Gasteiger charge is 2.17. The molecule has 2 aromatic rings. The second-order valence-corrected chi connectivity index (χ2v) is 4.74. The summed E-state index contributed by atoms with van der Waals surface area (Å²) in [7, 11) is 0. The number of H-pyrrole nitrogens is 1. The van der Waals surface area contributed by atoms with E-state index in [-0.39, 0.29) is 0 Å². The maximum Gasteiger partial charge on any atom is 0.110 e. The lowest BCUT2D eigenvalue weighted by molar-refractivity contribution is 0.373. The first-order valence-corrected chi connectivity index (χ1v) is 6.44. The maximum absolute atomic E-state index is 4.49. The Kier molecular flexibility index (Phi) is 3.32. The van der Waals surface area contributed by atoms with Gasteiger partial charge in [-0.05, 0) is 44.3 Å². The van der Waals surface area contributed by atoms with Crippen molar-refractivity contribution in [2.45, 2.75) is 19.3 Å². The molecule has 0 unspecified atom stereocenters. The highest BCUT2D eigenvalue weighted by atomic mass is 15.1. The number of rotatable bonds is 3. The Morgan fingerprint density at radius 1 is 1.22 bits per heavy atom. The summed E-state index contributed by atoms with van der Waals surface area (Å²) in [6.45, 7) is 2.23. The number of hydrogen-bond donors (Lipinski definition) is 2. The molecule has 0 aromatic carbocycles. The van der Waals surface area contributed by atoms with Crippen LogP contribution in [0.5, 0.6) is 0 Å². The van der Waals surface area contributed by atoms with E-state index in [1.54, 1.807) is 18.6 Å². The average Bonchev–Trinajstić information content (AvgIpc) is 2.94. The van der Waals surface area contributed by atoms with Gasteiger partial charge < -0.3 is 5.32 Å². The van der Waals surface area contributed by atoms with E-state index in [9.17, 15) is 0 Å². The highest BCUT2D eigenvalue weighted by Crippen LogP contribution is 2.22. The summed E-state index contributed by atoms with van der Waals surface area (Å²) < 4.78 is 0. The van der Waals surface area contributed by atoms with Crippen LogP contribution in [0, 0.1) is 5.92 Å². The van der Waals surface area contributed by atoms with Gasteiger partial charge in [0, 0.05) is 18.6 Å². The van der Waals surface area contributed by atoms with Crippen molar-refractivity contribution in [2.75, 3.05) is 13.1 Å². The highest BCUT2D eigenvalue weighted by molar-refractivity contribution is 5.55. The van der Waals surface area contributed by atoms with Gasteiger partial charge in [0.15, 0.2) is 0 Å². The fourth-order valence-electron chi connectivity index (χ4n) is 2.50. The summed E-state index contributed by atoms with van der Waals surface area (Å²) in [5, 5.41) is 10.4. The molecule has 5 heteroatoms. The van der Waals surface area contributed by atoms with Gasteiger partial charge >= 0.3 is 0 Å². The Morgan fingerprint density at radius 2 is 2.17 bits per heavy atom. The first-order chi connectivity index (χ1) is 8.93. The largest absolute Gasteiger partial charge is 0.316 e. The minimum Gasteiger partial charge on any atom is -0.316 e. The number of nitrogens with one attached hydrogen (secondary N) is 2. The molecule has 3 heterocycles. The molecule has 3 rings (SSSR count). The van der Waals surface area contributed by atoms with E-state index < -0.39 is 0 Å². The molecule has 1 atom stereocenters. The smallest absolute Gasteiger partial charge is 0.110 e. The lowest BCUT2D eigenvalue weighted by Crippen LogP contribution is -2.31. The van der Waals surface area contributed by atoms with E-state index >= 15 is 0 Å². The monoisotopic (exact) mass is 243 g/mol. The summed E-state index contributed by atoms with van der Waals surface area (Å²) in [4.78, 5) is 8.92. The van der Waals surface area contributed by atoms with E-state index in [4.69, 9.17) is 0 Å². The third-order valence-corrected chi connectivity index (χ3v) is 3.41. The molecule has 0 aliphatic carbocycles. The van der Waals surface area contributed by atoms with Crippen molar-refractivity contribution in [2.24, 2.45) is 5.92 Å². The van der Waals surface area contributed by atoms with E-state index in [0.29, 0.717) is 5.92 Å². The Hall–Kier alpha value is -1.75. The minimum absolute atomic E-state index is 0.664. The SMILES string of the molecule is c1cc(-c2nccnc2C[C@@H]2CCCNC2)[nH]n1. The fraction of sp³-hybridized carbons (Fsp3) is 0.462. The fourth-order valence-corrected chi connectivity index (χ4v) is 2.50. The van der Waals surface area contributed by atoms with Crippen LogP contribution in [-0.4, -0.2) is 33.3 Å². The van der Waals surface area contributed by atoms with Crippen LogP contribution < -0.4 is 5.32 Å². The summed E-state index contributed by atoms with van der Waals surface area (Å²) >= 11 is 0. The van der Waals surface area contributed by atoms with Gasteiger partial charge in [-0.25, -0.2) is 0 Å². The molecule has 1 saturated heterocycles. The van der Waals surface area contributed by atoms with Crippen LogP contribution >= 0.6 is 0 Å². The molecule has 2 N–H and O–H groups in total. The molecular weight excluding hydrogens is 226 g/mol. The molecule has 0 bridgehead atoms. The van der Waals surface area contributed by atoms with Crippen LogP contribution in [0.2, 0.25) is 0 Å². The third kappa shape index (κ3) is 2.41. The zero-order chi connectivity index (χ0) is 12.2. The topological polar surface area (TPSA) is 66.5 Å². The predicted molar refractivity (Wildman–Crippen MR) is 68.9 cm³/mol. The van der Waals surface area contributed by atoms with Gasteiger partial charge in [0.05, 0.1) is 11.4 Å². The standard InChI is InChI=1S/C13H17N5/c1-2-10(9-14-4-1)8-12-13(16-7-6-15-12)11-3-5-17-18-11/h3,5-7,10,14H,1-2,4,8-9H2,(H,17,18)/t10-/m0/s1. The van der Waals surface area contributed by atoms with Gasteiger partial charge in [-0.2, -0.15) is 5.10 Å². The lowest BCUT2D eigenvalue weighted by Gasteiger charge is -2.22. The summed E-state index contributed by atoms with van der Waals surface area (Å²) in [5.74, 6) is 0.664. The quantitative estimate of drug-likeness (QED) is 0.855. The normalized spacial score (nSPS) is 19.9. The van der Waals surface area contributed by atoms with E-state index in [2.05, 4.69) is 25.5 Å². The van der Waals surface area contributed by atoms with E-state index in [0.717, 1.165) is 36.6 Å². The molecule has 0 radical (unpaired) electrons.